The number of hydrogen-bond donors (Lipinski definition) is 1. The molecule has 3 aromatic rings. The highest BCUT2D eigenvalue weighted by atomic mass is 32.1. The Morgan fingerprint density at radius 3 is 2.33 bits per heavy atom. The van der Waals surface area contributed by atoms with E-state index in [0.29, 0.717) is 15.1 Å². The first-order chi connectivity index (χ1) is 11.3. The summed E-state index contributed by atoms with van der Waals surface area (Å²) in [6.07, 6.45) is 0. The molecule has 0 aliphatic heterocycles. The second-order valence-corrected chi connectivity index (χ2v) is 6.49. The van der Waals surface area contributed by atoms with E-state index in [2.05, 4.69) is 15.3 Å². The fourth-order valence-corrected chi connectivity index (χ4v) is 3.42. The third-order valence-electron chi connectivity index (χ3n) is 3.56. The third-order valence-corrected chi connectivity index (χ3v) is 4.77. The number of hydrogen-bond acceptors (Lipinski definition) is 6. The van der Waals surface area contributed by atoms with Gasteiger partial charge in [-0.15, -0.1) is 11.3 Å². The predicted molar refractivity (Wildman–Crippen MR) is 91.8 cm³/mol. The van der Waals surface area contributed by atoms with Crippen LogP contribution in [-0.2, 0) is 14.1 Å². The number of rotatable bonds is 2. The average Bonchev–Trinajstić information content (AvgIpc) is 2.95. The first-order valence-corrected chi connectivity index (χ1v) is 7.93. The van der Waals surface area contributed by atoms with Gasteiger partial charge in [0.1, 0.15) is 4.83 Å². The van der Waals surface area contributed by atoms with Crippen LogP contribution >= 0.6 is 11.3 Å². The van der Waals surface area contributed by atoms with Crippen molar-refractivity contribution in [2.75, 3.05) is 5.32 Å². The Labute approximate surface area is 140 Å². The van der Waals surface area contributed by atoms with E-state index < -0.39 is 17.2 Å². The van der Waals surface area contributed by atoms with Crippen LogP contribution in [0.3, 0.4) is 0 Å². The normalized spacial score (nSPS) is 11.0. The number of nitrogens with zero attached hydrogens (tertiary/aromatic N) is 4. The maximum absolute atomic E-state index is 12.4. The van der Waals surface area contributed by atoms with Crippen molar-refractivity contribution < 1.29 is 4.79 Å². The molecule has 0 aliphatic carbocycles. The number of nitrogens with one attached hydrogen (secondary N) is 1. The molecule has 1 N–H and O–H groups in total. The van der Waals surface area contributed by atoms with E-state index in [0.717, 1.165) is 27.3 Å². The van der Waals surface area contributed by atoms with Crippen LogP contribution in [-0.4, -0.2) is 25.0 Å². The number of carbonyl (C=O) groups excluding carboxylic acids is 1. The standard InChI is InChI=1S/C15H15N5O3S/c1-7-5-8(2)17-14(16-7)18-11(21)10-6-9-12(22)19(3)15(23)20(4)13(9)24-10/h5-6H,1-4H3,(H,16,17,18,21). The number of carbonyl (C=O) groups is 1. The van der Waals surface area contributed by atoms with E-state index in [1.165, 1.54) is 17.7 Å². The summed E-state index contributed by atoms with van der Waals surface area (Å²) in [6, 6.07) is 3.29. The highest BCUT2D eigenvalue weighted by Gasteiger charge is 2.17. The van der Waals surface area contributed by atoms with E-state index in [4.69, 9.17) is 0 Å². The molecule has 0 aromatic carbocycles. The summed E-state index contributed by atoms with van der Waals surface area (Å²) < 4.78 is 2.37. The molecule has 0 saturated carbocycles. The van der Waals surface area contributed by atoms with Crippen LogP contribution in [0, 0.1) is 13.8 Å². The number of thiophene rings is 1. The molecule has 3 heterocycles. The van der Waals surface area contributed by atoms with Crippen molar-refractivity contribution in [2.24, 2.45) is 14.1 Å². The maximum Gasteiger partial charge on any atom is 0.331 e. The molecule has 0 spiro atoms. The number of anilines is 1. The lowest BCUT2D eigenvalue weighted by Crippen LogP contribution is -2.36. The van der Waals surface area contributed by atoms with E-state index in [1.807, 2.05) is 13.8 Å². The summed E-state index contributed by atoms with van der Waals surface area (Å²) in [5, 5.41) is 2.95. The quantitative estimate of drug-likeness (QED) is 0.746. The number of aromatic nitrogens is 4. The Hall–Kier alpha value is -2.81. The molecule has 0 bridgehead atoms. The summed E-state index contributed by atoms with van der Waals surface area (Å²) in [6.45, 7) is 3.62. The van der Waals surface area contributed by atoms with Gasteiger partial charge in [-0.2, -0.15) is 0 Å². The van der Waals surface area contributed by atoms with Gasteiger partial charge in [0.25, 0.3) is 11.5 Å². The van der Waals surface area contributed by atoms with Crippen molar-refractivity contribution in [3.05, 3.63) is 49.2 Å². The Morgan fingerprint density at radius 1 is 1.08 bits per heavy atom. The van der Waals surface area contributed by atoms with E-state index in [9.17, 15) is 14.4 Å². The summed E-state index contributed by atoms with van der Waals surface area (Å²) in [7, 11) is 2.97. The lowest BCUT2D eigenvalue weighted by Gasteiger charge is -2.03. The van der Waals surface area contributed by atoms with Crippen LogP contribution in [0.15, 0.2) is 21.7 Å². The van der Waals surface area contributed by atoms with Gasteiger partial charge < -0.3 is 0 Å². The zero-order chi connectivity index (χ0) is 17.6. The summed E-state index contributed by atoms with van der Waals surface area (Å²) >= 11 is 1.08. The smallest absolute Gasteiger partial charge is 0.290 e. The van der Waals surface area contributed by atoms with Crippen molar-refractivity contribution in [3.8, 4) is 0 Å². The molecule has 0 aliphatic rings. The van der Waals surface area contributed by atoms with E-state index in [1.54, 1.807) is 13.1 Å². The Balaban J connectivity index is 2.05. The van der Waals surface area contributed by atoms with E-state index in [-0.39, 0.29) is 5.95 Å². The van der Waals surface area contributed by atoms with E-state index >= 15 is 0 Å². The first kappa shape index (κ1) is 16.1. The molecular weight excluding hydrogens is 330 g/mol. The zero-order valence-corrected chi connectivity index (χ0v) is 14.4. The lowest BCUT2D eigenvalue weighted by molar-refractivity contribution is 0.102. The summed E-state index contributed by atoms with van der Waals surface area (Å²) in [4.78, 5) is 45.6. The van der Waals surface area contributed by atoms with Gasteiger partial charge in [0.05, 0.1) is 10.3 Å². The Bertz CT molecular complexity index is 1070. The molecule has 0 radical (unpaired) electrons. The van der Waals surface area contributed by atoms with Gasteiger partial charge in [0, 0.05) is 25.5 Å². The van der Waals surface area contributed by atoms with Crippen LogP contribution < -0.4 is 16.6 Å². The number of amides is 1. The molecule has 0 atom stereocenters. The van der Waals surface area contributed by atoms with Crippen LogP contribution in [0.5, 0.6) is 0 Å². The second-order valence-electron chi connectivity index (χ2n) is 5.46. The minimum atomic E-state index is -0.432. The van der Waals surface area contributed by atoms with Gasteiger partial charge in [0.15, 0.2) is 0 Å². The summed E-state index contributed by atoms with van der Waals surface area (Å²) in [5.41, 5.74) is 0.626. The van der Waals surface area contributed by atoms with Gasteiger partial charge in [-0.25, -0.2) is 14.8 Å². The van der Waals surface area contributed by atoms with Crippen LogP contribution in [0.2, 0.25) is 0 Å². The average molecular weight is 345 g/mol. The van der Waals surface area contributed by atoms with Crippen LogP contribution in [0.4, 0.5) is 5.95 Å². The fourth-order valence-electron chi connectivity index (χ4n) is 2.42. The van der Waals surface area contributed by atoms with Gasteiger partial charge >= 0.3 is 5.69 Å². The van der Waals surface area contributed by atoms with Gasteiger partial charge in [-0.3, -0.25) is 24.0 Å². The molecule has 0 unspecified atom stereocenters. The SMILES string of the molecule is Cc1cc(C)nc(NC(=O)c2cc3c(=O)n(C)c(=O)n(C)c3s2)n1. The molecule has 24 heavy (non-hydrogen) atoms. The molecule has 124 valence electrons. The van der Waals surface area contributed by atoms with Crippen LogP contribution in [0.1, 0.15) is 21.1 Å². The Kier molecular flexibility index (Phi) is 3.80. The number of fused-ring (bicyclic) bond motifs is 1. The molecule has 0 saturated heterocycles. The van der Waals surface area contributed by atoms with Gasteiger partial charge in [-0.05, 0) is 26.0 Å². The van der Waals surface area contributed by atoms with Gasteiger partial charge in [-0.1, -0.05) is 0 Å². The van der Waals surface area contributed by atoms with Crippen molar-refractivity contribution >= 4 is 33.4 Å². The highest BCUT2D eigenvalue weighted by Crippen LogP contribution is 2.22. The maximum atomic E-state index is 12.4. The molecule has 9 heteroatoms. The fraction of sp³-hybridized carbons (Fsp3) is 0.267. The van der Waals surface area contributed by atoms with Crippen molar-refractivity contribution in [3.63, 3.8) is 0 Å². The second kappa shape index (κ2) is 5.68. The molecule has 3 rings (SSSR count). The minimum absolute atomic E-state index is 0.205. The Morgan fingerprint density at radius 2 is 1.71 bits per heavy atom. The van der Waals surface area contributed by atoms with Gasteiger partial charge in [0.2, 0.25) is 5.95 Å². The van der Waals surface area contributed by atoms with Crippen molar-refractivity contribution in [2.45, 2.75) is 13.8 Å². The largest absolute Gasteiger partial charge is 0.331 e. The lowest BCUT2D eigenvalue weighted by atomic mass is 10.3. The molecule has 8 nitrogen and oxygen atoms in total. The van der Waals surface area contributed by atoms with Crippen molar-refractivity contribution in [1.82, 2.24) is 19.1 Å². The predicted octanol–water partition coefficient (Wildman–Crippen LogP) is 0.958. The minimum Gasteiger partial charge on any atom is -0.290 e. The van der Waals surface area contributed by atoms with Crippen LogP contribution in [0.25, 0.3) is 10.2 Å². The molecular formula is C15H15N5O3S. The highest BCUT2D eigenvalue weighted by molar-refractivity contribution is 7.20. The first-order valence-electron chi connectivity index (χ1n) is 7.11. The molecule has 0 fully saturated rings. The monoisotopic (exact) mass is 345 g/mol. The topological polar surface area (TPSA) is 98.9 Å². The molecule has 3 aromatic heterocycles. The zero-order valence-electron chi connectivity index (χ0n) is 13.6. The number of aryl methyl sites for hydroxylation is 3. The summed E-state index contributed by atoms with van der Waals surface area (Å²) in [5.74, 6) is -0.215. The third kappa shape index (κ3) is 2.62. The van der Waals surface area contributed by atoms with Crippen molar-refractivity contribution in [1.29, 1.82) is 0 Å². The molecule has 1 amide bonds.